The minimum atomic E-state index is -1.25. The second kappa shape index (κ2) is 37.2. The Balaban J connectivity index is 0.000000148. The molecule has 0 aromatic heterocycles. The molecule has 20 heteroatoms. The Morgan fingerprint density at radius 3 is 1.11 bits per heavy atom. The number of carbonyl (C=O) groups is 10. The number of carbonyl (C=O) groups excluding carboxylic acids is 10. The molecule has 18 fully saturated rings. The maximum absolute atomic E-state index is 12.9. The van der Waals surface area contributed by atoms with Crippen LogP contribution in [0.2, 0.25) is 0 Å². The first-order valence-electron chi connectivity index (χ1n) is 48.6. The summed E-state index contributed by atoms with van der Waals surface area (Å²) in [5, 5.41) is 0. The largest absolute Gasteiger partial charge is 0.465 e. The van der Waals surface area contributed by atoms with E-state index in [1.54, 1.807) is 20.8 Å². The molecule has 18 aliphatic rings. The summed E-state index contributed by atoms with van der Waals surface area (Å²) in [4.78, 5) is 123. The summed E-state index contributed by atoms with van der Waals surface area (Å²) in [6.45, 7) is 43.6. The number of rotatable bonds is 29. The molecule has 18 bridgehead atoms. The van der Waals surface area contributed by atoms with Gasteiger partial charge in [-0.2, -0.15) is 0 Å². The van der Waals surface area contributed by atoms with Crippen LogP contribution in [-0.4, -0.2) is 119 Å². The maximum atomic E-state index is 12.9. The monoisotopic (exact) mass is 1700 g/mol. The SMILES string of the molecule is CCC(C)(C)C(=O)OC(C)(C)C(=O)OC1(C)C2CC3CC(C2)CC1C3.CCC(C)(C)C(=O)OC(C)C(=O)OC1(C)C2CC3CC(C2)CC1C3.CCC(C)(C)C(=O)OCC(=O)OC1(CC)CC2CC1C1C3CCC(C3)C21.CCC(C)(C)C(=O)OCC(=O)OC1(CC)CC2CCC1C2.CCC(C)(C)C(=O)OCCCC(=O)OC1(C)C2CC3CC(C2)CC1C3. The number of ether oxygens (including phenoxy) is 10. The number of fused-ring (bicyclic) bond motifs is 11. The first-order valence-corrected chi connectivity index (χ1v) is 48.6. The fraction of sp³-hybridized carbons (Fsp3) is 0.901. The normalized spacial score (nSPS) is 37.4. The van der Waals surface area contributed by atoms with Crippen molar-refractivity contribution in [2.75, 3.05) is 19.8 Å². The van der Waals surface area contributed by atoms with Crippen LogP contribution >= 0.6 is 0 Å². The molecule has 686 valence electrons. The Hall–Kier alpha value is -5.30. The zero-order valence-corrected chi connectivity index (χ0v) is 79.2. The van der Waals surface area contributed by atoms with Crippen molar-refractivity contribution in [1.82, 2.24) is 0 Å². The number of hydrogen-bond acceptors (Lipinski definition) is 20. The molecule has 0 saturated heterocycles. The summed E-state index contributed by atoms with van der Waals surface area (Å²) in [7, 11) is 0. The van der Waals surface area contributed by atoms with Gasteiger partial charge in [0, 0.05) is 12.3 Å². The lowest BCUT2D eigenvalue weighted by atomic mass is 9.50. The molecule has 0 heterocycles. The predicted octanol–water partition coefficient (Wildman–Crippen LogP) is 21.0. The van der Waals surface area contributed by atoms with Crippen LogP contribution in [0.15, 0.2) is 0 Å². The molecule has 121 heavy (non-hydrogen) atoms. The van der Waals surface area contributed by atoms with Crippen LogP contribution in [0.3, 0.4) is 0 Å². The topological polar surface area (TPSA) is 263 Å². The fourth-order valence-corrected chi connectivity index (χ4v) is 26.3. The van der Waals surface area contributed by atoms with Crippen molar-refractivity contribution in [1.29, 1.82) is 0 Å². The molecular formula is C101H162O20. The van der Waals surface area contributed by atoms with E-state index in [-0.39, 0.29) is 83.4 Å². The van der Waals surface area contributed by atoms with Crippen molar-refractivity contribution >= 4 is 59.7 Å². The number of esters is 10. The van der Waals surface area contributed by atoms with Gasteiger partial charge in [0.25, 0.3) is 0 Å². The zero-order valence-electron chi connectivity index (χ0n) is 79.2. The van der Waals surface area contributed by atoms with Gasteiger partial charge >= 0.3 is 59.7 Å². The van der Waals surface area contributed by atoms with Crippen LogP contribution in [0.4, 0.5) is 0 Å². The standard InChI is InChI=1S/C22H34O4.2C21H34O4.C20H32O4.C17H28O4/c1-5-21(3,4)20(24)25-12-17(23)26-22(6-2)11-15-10-16(22)19-14-8-7-13(9-14)18(15)19;1-7-19(2,3)17(22)24-20(4,5)18(23)25-21(6)15-9-13-8-14(11-15)12-16(21)10-13;1-5-20(2,3)19(23)24-8-6-7-18(22)25-21(4)16-10-14-9-15(12-16)13-17(21)11-14;1-6-19(3,4)18(22)23-12(2)17(21)24-20(5)15-8-13-7-14(10-15)11-16(20)9-13;1-5-16(3,4)15(19)20-11-14(18)21-17(6-2)10-12-7-8-13(17)9-12/h13-16,18-19H,5-12H2,1-4H3;13-16H,7-12H2,1-6H3;14-17H,5-13H2,1-4H3;12-16H,6-11H2,1-5H3;12-13H,5-11H2,1-4H3. The van der Waals surface area contributed by atoms with Gasteiger partial charge < -0.3 is 47.4 Å². The molecule has 11 unspecified atom stereocenters. The average molecular weight is 1700 g/mol. The lowest BCUT2D eigenvalue weighted by molar-refractivity contribution is -0.221. The van der Waals surface area contributed by atoms with Gasteiger partial charge in [-0.1, -0.05) is 48.5 Å². The highest BCUT2D eigenvalue weighted by molar-refractivity contribution is 5.85. The van der Waals surface area contributed by atoms with Crippen LogP contribution in [0.25, 0.3) is 0 Å². The summed E-state index contributed by atoms with van der Waals surface area (Å²) in [5.41, 5.74) is -5.58. The summed E-state index contributed by atoms with van der Waals surface area (Å²) >= 11 is 0. The summed E-state index contributed by atoms with van der Waals surface area (Å²) < 4.78 is 56.7. The molecule has 20 nitrogen and oxygen atoms in total. The van der Waals surface area contributed by atoms with Gasteiger partial charge in [-0.3, -0.25) is 28.8 Å². The number of hydrogen-bond donors (Lipinski definition) is 0. The van der Waals surface area contributed by atoms with Gasteiger partial charge in [0.15, 0.2) is 19.3 Å². The molecule has 0 aromatic rings. The second-order valence-corrected chi connectivity index (χ2v) is 45.9. The van der Waals surface area contributed by atoms with Crippen molar-refractivity contribution in [3.05, 3.63) is 0 Å². The maximum Gasteiger partial charge on any atom is 0.350 e. The molecule has 18 rings (SSSR count). The minimum absolute atomic E-state index is 0.124. The van der Waals surface area contributed by atoms with Crippen molar-refractivity contribution in [2.45, 2.75) is 411 Å². The van der Waals surface area contributed by atoms with Crippen LogP contribution in [0.5, 0.6) is 0 Å². The Kier molecular flexibility index (Phi) is 29.6. The third kappa shape index (κ3) is 20.5. The molecular weight excluding hydrogens is 1530 g/mol. The van der Waals surface area contributed by atoms with Gasteiger partial charge in [0.2, 0.25) is 5.60 Å². The Morgan fingerprint density at radius 1 is 0.339 bits per heavy atom. The highest BCUT2D eigenvalue weighted by Gasteiger charge is 2.69. The van der Waals surface area contributed by atoms with Crippen LogP contribution in [0.1, 0.15) is 371 Å². The fourth-order valence-electron chi connectivity index (χ4n) is 26.3. The molecule has 0 aromatic carbocycles. The molecule has 18 aliphatic carbocycles. The van der Waals surface area contributed by atoms with E-state index >= 15 is 0 Å². The van der Waals surface area contributed by atoms with E-state index in [0.717, 1.165) is 104 Å². The van der Waals surface area contributed by atoms with E-state index in [1.807, 2.05) is 104 Å². The van der Waals surface area contributed by atoms with Gasteiger partial charge in [0.05, 0.1) is 33.7 Å². The summed E-state index contributed by atoms with van der Waals surface area (Å²) in [6, 6.07) is 0. The summed E-state index contributed by atoms with van der Waals surface area (Å²) in [5.74, 6) is 10.9. The minimum Gasteiger partial charge on any atom is -0.465 e. The molecule has 0 radical (unpaired) electrons. The van der Waals surface area contributed by atoms with Crippen molar-refractivity contribution in [2.24, 2.45) is 145 Å². The third-order valence-corrected chi connectivity index (χ3v) is 35.9. The smallest absolute Gasteiger partial charge is 0.350 e. The van der Waals surface area contributed by atoms with E-state index in [2.05, 4.69) is 34.6 Å². The highest BCUT2D eigenvalue weighted by Crippen LogP contribution is 2.71. The molecule has 18 saturated carbocycles. The summed E-state index contributed by atoms with van der Waals surface area (Å²) in [6.07, 6.45) is 34.9. The van der Waals surface area contributed by atoms with E-state index in [4.69, 9.17) is 47.4 Å². The molecule has 0 amide bonds. The average Bonchev–Trinajstić information content (AvgIpc) is 1.55. The third-order valence-electron chi connectivity index (χ3n) is 35.9. The Labute approximate surface area is 727 Å². The van der Waals surface area contributed by atoms with E-state index in [9.17, 15) is 47.9 Å². The molecule has 0 N–H and O–H groups in total. The van der Waals surface area contributed by atoms with Gasteiger partial charge in [-0.25, -0.2) is 19.2 Å². The lowest BCUT2D eigenvalue weighted by Gasteiger charge is -2.59. The van der Waals surface area contributed by atoms with E-state index in [1.165, 1.54) is 135 Å². The van der Waals surface area contributed by atoms with E-state index in [0.29, 0.717) is 98.4 Å². The molecule has 0 spiro atoms. The first-order chi connectivity index (χ1) is 56.5. The van der Waals surface area contributed by atoms with Crippen LogP contribution in [-0.2, 0) is 95.3 Å². The molecule has 11 atom stereocenters. The zero-order chi connectivity index (χ0) is 88.9. The lowest BCUT2D eigenvalue weighted by Crippen LogP contribution is -2.59. The van der Waals surface area contributed by atoms with Crippen LogP contribution in [0, 0.1) is 145 Å². The van der Waals surface area contributed by atoms with Crippen molar-refractivity contribution in [3.8, 4) is 0 Å². The predicted molar refractivity (Wildman–Crippen MR) is 461 cm³/mol. The van der Waals surface area contributed by atoms with Gasteiger partial charge in [-0.15, -0.1) is 0 Å². The molecule has 0 aliphatic heterocycles. The van der Waals surface area contributed by atoms with Crippen molar-refractivity contribution < 1.29 is 95.3 Å². The Morgan fingerprint density at radius 2 is 0.711 bits per heavy atom. The first kappa shape index (κ1) is 96.3. The Bertz CT molecular complexity index is 3620. The van der Waals surface area contributed by atoms with Crippen molar-refractivity contribution in [3.63, 3.8) is 0 Å². The second-order valence-electron chi connectivity index (χ2n) is 45.9. The van der Waals surface area contributed by atoms with Gasteiger partial charge in [-0.05, 0) is 429 Å². The van der Waals surface area contributed by atoms with E-state index < -0.39 is 56.3 Å². The van der Waals surface area contributed by atoms with Crippen LogP contribution < -0.4 is 0 Å². The quantitative estimate of drug-likeness (QED) is 0.0291. The van der Waals surface area contributed by atoms with Gasteiger partial charge in [0.1, 0.15) is 28.0 Å². The highest BCUT2D eigenvalue weighted by atomic mass is 16.6.